The van der Waals surface area contributed by atoms with E-state index in [0.717, 1.165) is 12.8 Å². The molecule has 184 valence electrons. The van der Waals surface area contributed by atoms with Gasteiger partial charge in [0, 0.05) is 36.0 Å². The van der Waals surface area contributed by atoms with Crippen LogP contribution in [0.2, 0.25) is 5.02 Å². The number of benzene rings is 2. The minimum Gasteiger partial charge on any atom is -0.493 e. The number of likely N-dealkylation sites (tertiary alicyclic amines) is 1. The molecule has 1 saturated heterocycles. The van der Waals surface area contributed by atoms with Crippen molar-refractivity contribution in [3.05, 3.63) is 77.6 Å². The molecule has 2 aromatic carbocycles. The molecule has 0 aliphatic carbocycles. The number of carbonyl (C=O) groups excluding carboxylic acids is 1. The number of fused-ring (bicyclic) bond motifs is 1. The number of ether oxygens (including phenoxy) is 2. The van der Waals surface area contributed by atoms with Gasteiger partial charge in [-0.1, -0.05) is 17.7 Å². The Labute approximate surface area is 212 Å². The number of nitrogens with zero attached hydrogens (tertiary/aromatic N) is 4. The van der Waals surface area contributed by atoms with E-state index >= 15 is 0 Å². The highest BCUT2D eigenvalue weighted by Crippen LogP contribution is 2.36. The maximum Gasteiger partial charge on any atom is 0.254 e. The van der Waals surface area contributed by atoms with Crippen LogP contribution in [-0.2, 0) is 0 Å². The molecule has 36 heavy (non-hydrogen) atoms. The Balaban J connectivity index is 1.42. The van der Waals surface area contributed by atoms with Crippen molar-refractivity contribution in [2.75, 3.05) is 25.5 Å². The van der Waals surface area contributed by atoms with Crippen LogP contribution in [-0.4, -0.2) is 52.1 Å². The first-order valence-corrected chi connectivity index (χ1v) is 11.8. The van der Waals surface area contributed by atoms with Gasteiger partial charge in [0.15, 0.2) is 17.3 Å². The second kappa shape index (κ2) is 10.3. The molecule has 8 nitrogen and oxygen atoms in total. The number of aromatic nitrogens is 3. The number of halogens is 2. The monoisotopic (exact) mass is 507 g/mol. The van der Waals surface area contributed by atoms with Gasteiger partial charge in [-0.3, -0.25) is 9.78 Å². The van der Waals surface area contributed by atoms with Gasteiger partial charge in [0.1, 0.15) is 18.2 Å². The van der Waals surface area contributed by atoms with Crippen molar-refractivity contribution in [1.82, 2.24) is 19.9 Å². The largest absolute Gasteiger partial charge is 0.493 e. The van der Waals surface area contributed by atoms with Crippen LogP contribution in [0.1, 0.15) is 23.2 Å². The first kappa shape index (κ1) is 23.7. The van der Waals surface area contributed by atoms with E-state index in [1.807, 2.05) is 0 Å². The number of nitrogens with one attached hydrogen (secondary N) is 1. The molecule has 0 saturated carbocycles. The summed E-state index contributed by atoms with van der Waals surface area (Å²) in [5, 5.41) is 3.62. The van der Waals surface area contributed by atoms with E-state index in [1.165, 1.54) is 12.4 Å². The number of piperidine rings is 1. The Bertz CT molecular complexity index is 1410. The van der Waals surface area contributed by atoms with E-state index in [9.17, 15) is 9.18 Å². The maximum atomic E-state index is 14.5. The highest BCUT2D eigenvalue weighted by molar-refractivity contribution is 6.31. The van der Waals surface area contributed by atoms with Crippen LogP contribution < -0.4 is 14.8 Å². The summed E-state index contributed by atoms with van der Waals surface area (Å²) < 4.78 is 26.4. The molecule has 0 bridgehead atoms. The Hall–Kier alpha value is -3.98. The summed E-state index contributed by atoms with van der Waals surface area (Å²) in [4.78, 5) is 27.3. The van der Waals surface area contributed by atoms with Crippen LogP contribution in [0.3, 0.4) is 0 Å². The minimum atomic E-state index is -0.572. The fourth-order valence-corrected chi connectivity index (χ4v) is 4.39. The third-order valence-electron chi connectivity index (χ3n) is 6.01. The third-order valence-corrected chi connectivity index (χ3v) is 6.30. The van der Waals surface area contributed by atoms with Gasteiger partial charge in [0.25, 0.3) is 5.91 Å². The molecule has 4 aromatic rings. The number of rotatable bonds is 6. The van der Waals surface area contributed by atoms with Gasteiger partial charge in [0.2, 0.25) is 0 Å². The molecular formula is C26H23ClFN5O3. The highest BCUT2D eigenvalue weighted by atomic mass is 35.5. The smallest absolute Gasteiger partial charge is 0.254 e. The molecule has 1 amide bonds. The van der Waals surface area contributed by atoms with Crippen molar-refractivity contribution >= 4 is 39.9 Å². The zero-order chi connectivity index (χ0) is 25.1. The summed E-state index contributed by atoms with van der Waals surface area (Å²) in [6.07, 6.45) is 5.95. The molecule has 1 fully saturated rings. The Morgan fingerprint density at radius 2 is 2.00 bits per heavy atom. The number of carbonyl (C=O) groups is 1. The predicted octanol–water partition coefficient (Wildman–Crippen LogP) is 5.25. The van der Waals surface area contributed by atoms with E-state index < -0.39 is 5.82 Å². The first-order valence-electron chi connectivity index (χ1n) is 11.4. The molecule has 1 N–H and O–H groups in total. The average molecular weight is 508 g/mol. The lowest BCUT2D eigenvalue weighted by atomic mass is 10.1. The molecule has 0 spiro atoms. The molecule has 10 heteroatoms. The summed E-state index contributed by atoms with van der Waals surface area (Å²) in [5.41, 5.74) is 1.38. The van der Waals surface area contributed by atoms with Crippen molar-refractivity contribution < 1.29 is 18.7 Å². The Kier molecular flexibility index (Phi) is 6.81. The van der Waals surface area contributed by atoms with Crippen molar-refractivity contribution in [2.24, 2.45) is 0 Å². The minimum absolute atomic E-state index is 0.00668. The lowest BCUT2D eigenvalue weighted by Crippen LogP contribution is -2.44. The first-order chi connectivity index (χ1) is 17.5. The zero-order valence-corrected chi connectivity index (χ0v) is 20.2. The SMILES string of the molecule is COc1cc2ncnc(Nc3cccc(Cl)c3F)c2cc1O[C@@H]1CCCN(C(=O)c2ccncc2)C1. The molecule has 1 aliphatic rings. The van der Waals surface area contributed by atoms with Crippen LogP contribution in [0.4, 0.5) is 15.9 Å². The van der Waals surface area contributed by atoms with E-state index in [-0.39, 0.29) is 22.7 Å². The number of hydrogen-bond acceptors (Lipinski definition) is 7. The van der Waals surface area contributed by atoms with E-state index in [2.05, 4.69) is 20.3 Å². The van der Waals surface area contributed by atoms with E-state index in [0.29, 0.717) is 46.9 Å². The van der Waals surface area contributed by atoms with Gasteiger partial charge in [0.05, 0.1) is 29.9 Å². The molecule has 1 aliphatic heterocycles. The number of amides is 1. The highest BCUT2D eigenvalue weighted by Gasteiger charge is 2.27. The number of hydrogen-bond donors (Lipinski definition) is 1. The molecule has 5 rings (SSSR count). The molecule has 1 atom stereocenters. The third kappa shape index (κ3) is 4.87. The van der Waals surface area contributed by atoms with Gasteiger partial charge in [-0.15, -0.1) is 0 Å². The lowest BCUT2D eigenvalue weighted by Gasteiger charge is -2.33. The fourth-order valence-electron chi connectivity index (χ4n) is 4.22. The van der Waals surface area contributed by atoms with Crippen LogP contribution in [0, 0.1) is 5.82 Å². The number of anilines is 2. The van der Waals surface area contributed by atoms with Gasteiger partial charge >= 0.3 is 0 Å². The fraction of sp³-hybridized carbons (Fsp3) is 0.231. The summed E-state index contributed by atoms with van der Waals surface area (Å²) in [5.74, 6) is 0.750. The van der Waals surface area contributed by atoms with Crippen molar-refractivity contribution in [3.63, 3.8) is 0 Å². The summed E-state index contributed by atoms with van der Waals surface area (Å²) >= 11 is 5.93. The maximum absolute atomic E-state index is 14.5. The molecule has 2 aromatic heterocycles. The number of pyridine rings is 1. The van der Waals surface area contributed by atoms with Crippen molar-refractivity contribution in [3.8, 4) is 11.5 Å². The summed E-state index contributed by atoms with van der Waals surface area (Å²) in [6.45, 7) is 1.09. The Morgan fingerprint density at radius 3 is 2.81 bits per heavy atom. The van der Waals surface area contributed by atoms with E-state index in [4.69, 9.17) is 21.1 Å². The molecule has 0 radical (unpaired) electrons. The molecular weight excluding hydrogens is 485 g/mol. The second-order valence-electron chi connectivity index (χ2n) is 8.34. The molecule has 3 heterocycles. The van der Waals surface area contributed by atoms with Crippen LogP contribution in [0.25, 0.3) is 10.9 Å². The predicted molar refractivity (Wildman–Crippen MR) is 135 cm³/mol. The summed E-state index contributed by atoms with van der Waals surface area (Å²) in [6, 6.07) is 11.6. The average Bonchev–Trinajstić information content (AvgIpc) is 2.91. The van der Waals surface area contributed by atoms with Gasteiger partial charge < -0.3 is 19.7 Å². The normalized spacial score (nSPS) is 15.5. The number of methoxy groups -OCH3 is 1. The van der Waals surface area contributed by atoms with Crippen molar-refractivity contribution in [1.29, 1.82) is 0 Å². The van der Waals surface area contributed by atoms with Crippen LogP contribution in [0.15, 0.2) is 61.2 Å². The summed E-state index contributed by atoms with van der Waals surface area (Å²) in [7, 11) is 1.55. The topological polar surface area (TPSA) is 89.5 Å². The van der Waals surface area contributed by atoms with Gasteiger partial charge in [-0.2, -0.15) is 0 Å². The molecule has 0 unspecified atom stereocenters. The quantitative estimate of drug-likeness (QED) is 0.381. The van der Waals surface area contributed by atoms with Gasteiger partial charge in [-0.25, -0.2) is 14.4 Å². The van der Waals surface area contributed by atoms with E-state index in [1.54, 1.807) is 60.8 Å². The van der Waals surface area contributed by atoms with Gasteiger partial charge in [-0.05, 0) is 43.2 Å². The zero-order valence-electron chi connectivity index (χ0n) is 19.4. The second-order valence-corrected chi connectivity index (χ2v) is 8.75. The van der Waals surface area contributed by atoms with Crippen LogP contribution >= 0.6 is 11.6 Å². The Morgan fingerprint density at radius 1 is 1.17 bits per heavy atom. The standard InChI is InChI=1S/C26H23ClFN5O3/c1-35-22-13-21-18(25(31-15-30-21)32-20-6-2-5-19(27)24(20)28)12-23(22)36-17-4-3-11-33(14-17)26(34)16-7-9-29-10-8-16/h2,5-10,12-13,15,17H,3-4,11,14H2,1H3,(H,30,31,32)/t17-/m1/s1. The van der Waals surface area contributed by atoms with Crippen molar-refractivity contribution in [2.45, 2.75) is 18.9 Å². The van der Waals surface area contributed by atoms with Crippen LogP contribution in [0.5, 0.6) is 11.5 Å². The lowest BCUT2D eigenvalue weighted by molar-refractivity contribution is 0.0532.